The van der Waals surface area contributed by atoms with Crippen molar-refractivity contribution in [3.8, 4) is 0 Å². The van der Waals surface area contributed by atoms with Gasteiger partial charge in [-0.05, 0) is 0 Å². The molecule has 0 aromatic heterocycles. The van der Waals surface area contributed by atoms with Gasteiger partial charge in [-0.1, -0.05) is 0 Å². The second-order valence-electron chi connectivity index (χ2n) is 9.43. The summed E-state index contributed by atoms with van der Waals surface area (Å²) in [7, 11) is 0. The van der Waals surface area contributed by atoms with Crippen LogP contribution in [0.5, 0.6) is 0 Å². The number of benzene rings is 6. The molecule has 6 nitrogen and oxygen atoms in total. The second-order valence-corrected chi connectivity index (χ2v) is 14.3. The van der Waals surface area contributed by atoms with E-state index in [9.17, 15) is 14.4 Å². The Morgan fingerprint density at radius 3 is 0.953 bits per heavy atom. The van der Waals surface area contributed by atoms with Gasteiger partial charge < -0.3 is 0 Å². The van der Waals surface area contributed by atoms with Crippen LogP contribution < -0.4 is 0 Å². The molecule has 0 saturated carbocycles. The van der Waals surface area contributed by atoms with Gasteiger partial charge in [0.05, 0.1) is 0 Å². The number of carbonyl (C=O) groups is 3. The Kier molecular flexibility index (Phi) is 8.50. The molecule has 6 rings (SSSR count). The van der Waals surface area contributed by atoms with Crippen molar-refractivity contribution in [3.05, 3.63) is 141 Å². The van der Waals surface area contributed by atoms with Gasteiger partial charge in [-0.3, -0.25) is 0 Å². The monoisotopic (exact) mass is 730 g/mol. The maximum atomic E-state index is 13.5. The van der Waals surface area contributed by atoms with Gasteiger partial charge in [-0.2, -0.15) is 0 Å². The van der Waals surface area contributed by atoms with E-state index in [0.29, 0.717) is 47.4 Å². The van der Waals surface area contributed by atoms with Gasteiger partial charge in [0.25, 0.3) is 0 Å². The summed E-state index contributed by atoms with van der Waals surface area (Å²) >= 11 is 14.2. The van der Waals surface area contributed by atoms with Crippen molar-refractivity contribution in [2.24, 2.45) is 0 Å². The fourth-order valence-corrected chi connectivity index (χ4v) is 8.58. The standard InChI is InChI=1S/3C11H7ClO2.In/c3*12-10-6-2-3-7-8(10)4-1-5-9(7)11(13)14;/h3*1-6H,(H,13,14);/q;;;+3/p-3. The Bertz CT molecular complexity index is 1840. The number of carbonyl (C=O) groups excluding carboxylic acids is 3. The zero-order valence-electron chi connectivity index (χ0n) is 22.1. The molecule has 0 N–H and O–H groups in total. The van der Waals surface area contributed by atoms with Crippen LogP contribution in [0.2, 0.25) is 15.1 Å². The first-order chi connectivity index (χ1) is 20.8. The molecule has 0 fully saturated rings. The molecular formula is C33H18Cl3InO6. The second kappa shape index (κ2) is 12.5. The van der Waals surface area contributed by atoms with E-state index in [2.05, 4.69) is 0 Å². The number of halogens is 3. The van der Waals surface area contributed by atoms with E-state index >= 15 is 0 Å². The van der Waals surface area contributed by atoms with Crippen molar-refractivity contribution >= 4 is 108 Å². The van der Waals surface area contributed by atoms with Gasteiger partial charge in [0.2, 0.25) is 0 Å². The molecule has 210 valence electrons. The van der Waals surface area contributed by atoms with Crippen LogP contribution in [0.25, 0.3) is 32.3 Å². The third-order valence-electron chi connectivity index (χ3n) is 6.88. The minimum atomic E-state index is -4.76. The Morgan fingerprint density at radius 1 is 0.395 bits per heavy atom. The van der Waals surface area contributed by atoms with Crippen LogP contribution in [-0.2, 0) is 8.56 Å². The molecule has 6 aromatic carbocycles. The first-order valence-corrected chi connectivity index (χ1v) is 18.1. The van der Waals surface area contributed by atoms with Crippen LogP contribution in [-0.4, -0.2) is 40.7 Å². The van der Waals surface area contributed by atoms with Crippen molar-refractivity contribution < 1.29 is 22.9 Å². The normalized spacial score (nSPS) is 11.0. The summed E-state index contributed by atoms with van der Waals surface area (Å²) in [5.74, 6) is -2.43. The van der Waals surface area contributed by atoms with E-state index in [1.54, 1.807) is 109 Å². The third-order valence-corrected chi connectivity index (χ3v) is 11.3. The predicted molar refractivity (Wildman–Crippen MR) is 169 cm³/mol. The van der Waals surface area contributed by atoms with E-state index < -0.39 is 40.7 Å². The van der Waals surface area contributed by atoms with Gasteiger partial charge in [-0.15, -0.1) is 0 Å². The van der Waals surface area contributed by atoms with E-state index in [-0.39, 0.29) is 16.7 Å². The number of fused-ring (bicyclic) bond motifs is 3. The molecule has 0 bridgehead atoms. The van der Waals surface area contributed by atoms with E-state index in [0.717, 1.165) is 0 Å². The maximum absolute atomic E-state index is 13.5. The molecule has 6 aromatic rings. The third kappa shape index (κ3) is 5.91. The Labute approximate surface area is 270 Å². The zero-order chi connectivity index (χ0) is 30.1. The molecular weight excluding hydrogens is 714 g/mol. The Hall–Kier alpha value is -3.75. The summed E-state index contributed by atoms with van der Waals surface area (Å²) in [4.78, 5) is 40.5. The molecule has 0 heterocycles. The van der Waals surface area contributed by atoms with Crippen LogP contribution >= 0.6 is 34.8 Å². The van der Waals surface area contributed by atoms with E-state index in [1.165, 1.54) is 0 Å². The molecule has 0 aliphatic carbocycles. The van der Waals surface area contributed by atoms with Crippen molar-refractivity contribution in [1.82, 2.24) is 0 Å². The summed E-state index contributed by atoms with van der Waals surface area (Å²) in [6.45, 7) is 0. The molecule has 43 heavy (non-hydrogen) atoms. The Morgan fingerprint density at radius 2 is 0.651 bits per heavy atom. The van der Waals surface area contributed by atoms with Crippen molar-refractivity contribution in [2.75, 3.05) is 0 Å². The number of hydrogen-bond acceptors (Lipinski definition) is 6. The molecule has 0 spiro atoms. The first kappa shape index (κ1) is 29.3. The van der Waals surface area contributed by atoms with Crippen LogP contribution in [0.3, 0.4) is 0 Å². The number of rotatable bonds is 6. The van der Waals surface area contributed by atoms with Crippen LogP contribution in [0.4, 0.5) is 0 Å². The van der Waals surface area contributed by atoms with Crippen molar-refractivity contribution in [3.63, 3.8) is 0 Å². The van der Waals surface area contributed by atoms with Gasteiger partial charge in [-0.25, -0.2) is 0 Å². The van der Waals surface area contributed by atoms with Crippen molar-refractivity contribution in [2.45, 2.75) is 0 Å². The quantitative estimate of drug-likeness (QED) is 0.170. The molecule has 0 aliphatic rings. The summed E-state index contributed by atoms with van der Waals surface area (Å²) in [6, 6.07) is 30.4. The molecule has 0 atom stereocenters. The van der Waals surface area contributed by atoms with Crippen LogP contribution in [0.15, 0.2) is 109 Å². The molecule has 0 saturated heterocycles. The van der Waals surface area contributed by atoms with Gasteiger partial charge in [0, 0.05) is 0 Å². The van der Waals surface area contributed by atoms with Gasteiger partial charge >= 0.3 is 272 Å². The summed E-state index contributed by atoms with van der Waals surface area (Å²) in [5, 5.41) is 4.89. The van der Waals surface area contributed by atoms with E-state index in [1.807, 2.05) is 0 Å². The topological polar surface area (TPSA) is 78.9 Å². The summed E-state index contributed by atoms with van der Waals surface area (Å²) in [6.07, 6.45) is 0. The average Bonchev–Trinajstić information content (AvgIpc) is 3.01. The minimum absolute atomic E-state index is 0.183. The van der Waals surface area contributed by atoms with E-state index in [4.69, 9.17) is 43.4 Å². The molecule has 0 amide bonds. The molecule has 0 aliphatic heterocycles. The number of hydrogen-bond donors (Lipinski definition) is 0. The zero-order valence-corrected chi connectivity index (χ0v) is 27.6. The van der Waals surface area contributed by atoms with Gasteiger partial charge in [0.15, 0.2) is 0 Å². The Balaban J connectivity index is 1.36. The van der Waals surface area contributed by atoms with Gasteiger partial charge in [0.1, 0.15) is 0 Å². The average molecular weight is 732 g/mol. The SMILES string of the molecule is O=C([O][In]([O]C(=O)c1cccc2c(Cl)cccc12)[O]C(=O)c1cccc2c(Cl)cccc12)c1cccc2c(Cl)cccc12. The van der Waals surface area contributed by atoms with Crippen LogP contribution in [0, 0.1) is 0 Å². The molecule has 0 unspecified atom stereocenters. The molecule has 0 radical (unpaired) electrons. The first-order valence-electron chi connectivity index (χ1n) is 13.0. The fourth-order valence-electron chi connectivity index (χ4n) is 4.87. The summed E-state index contributed by atoms with van der Waals surface area (Å²) in [5.41, 5.74) is 0.549. The van der Waals surface area contributed by atoms with Crippen LogP contribution in [0.1, 0.15) is 31.1 Å². The summed E-state index contributed by atoms with van der Waals surface area (Å²) < 4.78 is 17.2. The fraction of sp³-hybridized carbons (Fsp3) is 0. The molecule has 10 heteroatoms. The predicted octanol–water partition coefficient (Wildman–Crippen LogP) is 8.96. The van der Waals surface area contributed by atoms with Crippen molar-refractivity contribution in [1.29, 1.82) is 0 Å².